The lowest BCUT2D eigenvalue weighted by Crippen LogP contribution is -2.42. The number of nitrogens with zero attached hydrogens (tertiary/aromatic N) is 1. The molecule has 5 heteroatoms. The van der Waals surface area contributed by atoms with Gasteiger partial charge in [-0.25, -0.2) is 0 Å². The van der Waals surface area contributed by atoms with Crippen LogP contribution in [0.1, 0.15) is 24.5 Å². The van der Waals surface area contributed by atoms with E-state index in [9.17, 15) is 4.79 Å². The Balaban J connectivity index is 0.00000176. The Bertz CT molecular complexity index is 535. The Hall–Kier alpha value is -1.26. The van der Waals surface area contributed by atoms with Crippen LogP contribution in [-0.4, -0.2) is 37.6 Å². The number of rotatable bonds is 3. The van der Waals surface area contributed by atoms with E-state index in [1.165, 1.54) is 23.9 Å². The van der Waals surface area contributed by atoms with Crippen molar-refractivity contribution in [2.45, 2.75) is 26.3 Å². The van der Waals surface area contributed by atoms with Gasteiger partial charge in [-0.15, -0.1) is 12.4 Å². The fourth-order valence-corrected chi connectivity index (χ4v) is 3.66. The van der Waals surface area contributed by atoms with Gasteiger partial charge in [-0.2, -0.15) is 0 Å². The van der Waals surface area contributed by atoms with Gasteiger partial charge >= 0.3 is 5.97 Å². The predicted octanol–water partition coefficient (Wildman–Crippen LogP) is 2.71. The van der Waals surface area contributed by atoms with Gasteiger partial charge in [-0.3, -0.25) is 9.69 Å². The highest BCUT2D eigenvalue weighted by Gasteiger charge is 2.32. The average molecular weight is 325 g/mol. The van der Waals surface area contributed by atoms with Crippen molar-refractivity contribution in [2.24, 2.45) is 11.8 Å². The second-order valence-electron chi connectivity index (χ2n) is 6.26. The fraction of sp³-hybridized carbons (Fsp3) is 0.588. The van der Waals surface area contributed by atoms with E-state index in [1.807, 2.05) is 0 Å². The van der Waals surface area contributed by atoms with Gasteiger partial charge in [0, 0.05) is 25.3 Å². The minimum atomic E-state index is -0.0515. The monoisotopic (exact) mass is 324 g/mol. The Morgan fingerprint density at radius 1 is 1.45 bits per heavy atom. The zero-order valence-electron chi connectivity index (χ0n) is 13.3. The number of halogens is 1. The standard InChI is InChI=1S/C17H24N2O2.ClH/c1-12-10-19(9-7-15(12)17(20)21-2)11-14-5-3-4-13-6-8-18-16(13)14;/h3-5,12,15,18H,6-11H2,1-2H3;1H. The number of ether oxygens (including phenoxy) is 1. The van der Waals surface area contributed by atoms with E-state index in [1.54, 1.807) is 0 Å². The highest BCUT2D eigenvalue weighted by molar-refractivity contribution is 5.85. The SMILES string of the molecule is COC(=O)C1CCN(Cc2cccc3c2NCC3)CC1C.Cl. The maximum absolute atomic E-state index is 11.7. The number of methoxy groups -OCH3 is 1. The molecule has 122 valence electrons. The van der Waals surface area contributed by atoms with Crippen LogP contribution in [0.5, 0.6) is 0 Å². The number of piperidine rings is 1. The lowest BCUT2D eigenvalue weighted by Gasteiger charge is -2.35. The maximum Gasteiger partial charge on any atom is 0.309 e. The number of carbonyl (C=O) groups is 1. The normalized spacial score (nSPS) is 24.1. The molecule has 1 saturated heterocycles. The van der Waals surface area contributed by atoms with Crippen LogP contribution in [-0.2, 0) is 22.5 Å². The summed E-state index contributed by atoms with van der Waals surface area (Å²) in [6.45, 7) is 6.10. The van der Waals surface area contributed by atoms with E-state index >= 15 is 0 Å². The van der Waals surface area contributed by atoms with Gasteiger partial charge in [0.05, 0.1) is 13.0 Å². The third kappa shape index (κ3) is 3.39. The summed E-state index contributed by atoms with van der Waals surface area (Å²) in [6.07, 6.45) is 2.03. The van der Waals surface area contributed by atoms with Gasteiger partial charge < -0.3 is 10.1 Å². The Labute approximate surface area is 138 Å². The van der Waals surface area contributed by atoms with Gasteiger partial charge in [0.1, 0.15) is 0 Å². The zero-order valence-corrected chi connectivity index (χ0v) is 14.1. The quantitative estimate of drug-likeness (QED) is 0.868. The molecule has 3 rings (SSSR count). The number of hydrogen-bond donors (Lipinski definition) is 1. The number of likely N-dealkylation sites (tertiary alicyclic amines) is 1. The van der Waals surface area contributed by atoms with E-state index in [2.05, 4.69) is 35.3 Å². The van der Waals surface area contributed by atoms with Crippen LogP contribution in [0, 0.1) is 11.8 Å². The predicted molar refractivity (Wildman–Crippen MR) is 90.4 cm³/mol. The molecule has 2 atom stereocenters. The molecule has 1 aromatic rings. The van der Waals surface area contributed by atoms with E-state index in [4.69, 9.17) is 4.74 Å². The smallest absolute Gasteiger partial charge is 0.309 e. The Morgan fingerprint density at radius 3 is 3.00 bits per heavy atom. The van der Waals surface area contributed by atoms with Crippen LogP contribution in [0.25, 0.3) is 0 Å². The first-order chi connectivity index (χ1) is 10.2. The highest BCUT2D eigenvalue weighted by atomic mass is 35.5. The fourth-order valence-electron chi connectivity index (χ4n) is 3.66. The van der Waals surface area contributed by atoms with Crippen molar-refractivity contribution in [2.75, 3.05) is 32.1 Å². The Morgan fingerprint density at radius 2 is 2.27 bits per heavy atom. The van der Waals surface area contributed by atoms with Gasteiger partial charge in [0.15, 0.2) is 0 Å². The van der Waals surface area contributed by atoms with E-state index in [-0.39, 0.29) is 24.3 Å². The summed E-state index contributed by atoms with van der Waals surface area (Å²) in [5.74, 6) is 0.367. The molecule has 2 aliphatic rings. The molecular formula is C17H25ClN2O2. The summed E-state index contributed by atoms with van der Waals surface area (Å²) in [4.78, 5) is 14.2. The second-order valence-corrected chi connectivity index (χ2v) is 6.26. The third-order valence-corrected chi connectivity index (χ3v) is 4.82. The topological polar surface area (TPSA) is 41.6 Å². The molecule has 0 radical (unpaired) electrons. The minimum Gasteiger partial charge on any atom is -0.469 e. The molecule has 0 bridgehead atoms. The van der Waals surface area contributed by atoms with Crippen molar-refractivity contribution in [3.05, 3.63) is 29.3 Å². The van der Waals surface area contributed by atoms with Gasteiger partial charge in [0.25, 0.3) is 0 Å². The van der Waals surface area contributed by atoms with Crippen molar-refractivity contribution in [1.29, 1.82) is 0 Å². The highest BCUT2D eigenvalue weighted by Crippen LogP contribution is 2.30. The lowest BCUT2D eigenvalue weighted by molar-refractivity contribution is -0.149. The summed E-state index contributed by atoms with van der Waals surface area (Å²) < 4.78 is 4.91. The first kappa shape index (κ1) is 17.1. The molecule has 0 saturated carbocycles. The summed E-state index contributed by atoms with van der Waals surface area (Å²) in [5, 5.41) is 3.50. The molecule has 22 heavy (non-hydrogen) atoms. The molecule has 0 aromatic heterocycles. The molecule has 4 nitrogen and oxygen atoms in total. The molecule has 0 amide bonds. The minimum absolute atomic E-state index is 0. The number of carbonyl (C=O) groups excluding carboxylic acids is 1. The number of hydrogen-bond acceptors (Lipinski definition) is 4. The van der Waals surface area contributed by atoms with Crippen LogP contribution in [0.2, 0.25) is 0 Å². The van der Waals surface area contributed by atoms with Crippen LogP contribution in [0.15, 0.2) is 18.2 Å². The average Bonchev–Trinajstić information content (AvgIpc) is 2.96. The molecule has 1 aromatic carbocycles. The van der Waals surface area contributed by atoms with E-state index in [0.29, 0.717) is 5.92 Å². The molecule has 1 fully saturated rings. The van der Waals surface area contributed by atoms with Crippen molar-refractivity contribution < 1.29 is 9.53 Å². The number of esters is 1. The lowest BCUT2D eigenvalue weighted by atomic mass is 9.86. The Kier molecular flexibility index (Phi) is 5.70. The number of benzene rings is 1. The molecule has 0 spiro atoms. The maximum atomic E-state index is 11.7. The molecular weight excluding hydrogens is 300 g/mol. The van der Waals surface area contributed by atoms with Crippen molar-refractivity contribution in [3.8, 4) is 0 Å². The molecule has 2 unspecified atom stereocenters. The summed E-state index contributed by atoms with van der Waals surface area (Å²) in [7, 11) is 1.49. The van der Waals surface area contributed by atoms with Gasteiger partial charge in [0.2, 0.25) is 0 Å². The largest absolute Gasteiger partial charge is 0.469 e. The summed E-state index contributed by atoms with van der Waals surface area (Å²) in [5.41, 5.74) is 4.15. The number of para-hydroxylation sites is 1. The molecule has 1 N–H and O–H groups in total. The van der Waals surface area contributed by atoms with Crippen LogP contribution >= 0.6 is 12.4 Å². The second kappa shape index (κ2) is 7.34. The van der Waals surface area contributed by atoms with Gasteiger partial charge in [-0.05, 0) is 36.4 Å². The van der Waals surface area contributed by atoms with Crippen LogP contribution < -0.4 is 5.32 Å². The van der Waals surface area contributed by atoms with Crippen molar-refractivity contribution in [1.82, 2.24) is 4.90 Å². The number of fused-ring (bicyclic) bond motifs is 1. The summed E-state index contributed by atoms with van der Waals surface area (Å²) >= 11 is 0. The van der Waals surface area contributed by atoms with Crippen LogP contribution in [0.3, 0.4) is 0 Å². The van der Waals surface area contributed by atoms with E-state index < -0.39 is 0 Å². The van der Waals surface area contributed by atoms with Crippen molar-refractivity contribution >= 4 is 24.1 Å². The van der Waals surface area contributed by atoms with Crippen molar-refractivity contribution in [3.63, 3.8) is 0 Å². The molecule has 2 heterocycles. The molecule has 2 aliphatic heterocycles. The van der Waals surface area contributed by atoms with Gasteiger partial charge in [-0.1, -0.05) is 25.1 Å². The third-order valence-electron chi connectivity index (χ3n) is 4.82. The van der Waals surface area contributed by atoms with Crippen LogP contribution in [0.4, 0.5) is 5.69 Å². The summed E-state index contributed by atoms with van der Waals surface area (Å²) in [6, 6.07) is 6.59. The molecule has 0 aliphatic carbocycles. The zero-order chi connectivity index (χ0) is 14.8. The first-order valence-corrected chi connectivity index (χ1v) is 7.84. The number of nitrogens with one attached hydrogen (secondary N) is 1. The van der Waals surface area contributed by atoms with E-state index in [0.717, 1.165) is 39.0 Å². The first-order valence-electron chi connectivity index (χ1n) is 7.84. The number of anilines is 1.